The van der Waals surface area contributed by atoms with Crippen LogP contribution < -0.4 is 16.4 Å². The third-order valence-corrected chi connectivity index (χ3v) is 9.21. The number of nitrogens with one attached hydrogen (secondary N) is 2. The number of hydrogen-bond acceptors (Lipinski definition) is 12. The molecule has 2 fully saturated rings. The molecule has 1 aromatic carbocycles. The van der Waals surface area contributed by atoms with Gasteiger partial charge in [0.2, 0.25) is 5.91 Å². The molecule has 8 N–H and O–H groups in total. The number of phenolic OH excluding ortho intramolecular Hbond substituents is 1. The second-order valence-electron chi connectivity index (χ2n) is 12.0. The number of hydrogen-bond donors (Lipinski definition) is 7. The first-order valence-corrected chi connectivity index (χ1v) is 14.2. The SMILES string of the molecule is CN(C)[C@@H]1C(=O)C(C(=O)NCNC(CCCCN)C(=O)O)C(=O)[C@@]2(O)C(=O)C3C(=O)c4c(O)cccc4[C@@](C)(O)[C@@H]3C[C@@H]12. The number of aliphatic carboxylic acids is 1. The zero-order valence-electron chi connectivity index (χ0n) is 24.2. The van der Waals surface area contributed by atoms with Crippen molar-refractivity contribution in [1.29, 1.82) is 0 Å². The van der Waals surface area contributed by atoms with Crippen molar-refractivity contribution >= 4 is 35.0 Å². The molecule has 1 amide bonds. The molecule has 8 atom stereocenters. The Morgan fingerprint density at radius 2 is 1.77 bits per heavy atom. The Hall–Kier alpha value is -3.56. The lowest BCUT2D eigenvalue weighted by atomic mass is 9.49. The van der Waals surface area contributed by atoms with E-state index in [1.54, 1.807) is 0 Å². The summed E-state index contributed by atoms with van der Waals surface area (Å²) in [5.74, 6) is -13.6. The number of rotatable bonds is 10. The minimum absolute atomic E-state index is 0.0827. The van der Waals surface area contributed by atoms with Crippen LogP contribution >= 0.6 is 0 Å². The fraction of sp³-hybridized carbons (Fsp3) is 0.586. The zero-order chi connectivity index (χ0) is 32.0. The van der Waals surface area contributed by atoms with Crippen molar-refractivity contribution in [2.75, 3.05) is 27.3 Å². The molecule has 3 aliphatic carbocycles. The molecule has 0 spiro atoms. The van der Waals surface area contributed by atoms with E-state index in [9.17, 15) is 49.2 Å². The Kier molecular flexibility index (Phi) is 8.91. The summed E-state index contributed by atoms with van der Waals surface area (Å²) >= 11 is 0. The van der Waals surface area contributed by atoms with Gasteiger partial charge in [0, 0.05) is 11.8 Å². The van der Waals surface area contributed by atoms with Crippen LogP contribution in [0.4, 0.5) is 0 Å². The zero-order valence-corrected chi connectivity index (χ0v) is 24.2. The molecule has 0 saturated heterocycles. The van der Waals surface area contributed by atoms with E-state index in [1.165, 1.54) is 44.1 Å². The van der Waals surface area contributed by atoms with Crippen molar-refractivity contribution in [2.45, 2.75) is 55.9 Å². The monoisotopic (exact) mass is 602 g/mol. The Morgan fingerprint density at radius 1 is 1.09 bits per heavy atom. The minimum atomic E-state index is -2.93. The third-order valence-electron chi connectivity index (χ3n) is 9.21. The normalized spacial score (nSPS) is 32.6. The predicted molar refractivity (Wildman–Crippen MR) is 149 cm³/mol. The number of carboxylic acid groups (broad SMARTS) is 1. The number of carbonyl (C=O) groups excluding carboxylic acids is 5. The van der Waals surface area contributed by atoms with Crippen LogP contribution in [-0.2, 0) is 29.6 Å². The number of carboxylic acids is 1. The lowest BCUT2D eigenvalue weighted by Crippen LogP contribution is -2.75. The van der Waals surface area contributed by atoms with Gasteiger partial charge in [-0.3, -0.25) is 39.0 Å². The van der Waals surface area contributed by atoms with Crippen molar-refractivity contribution in [2.24, 2.45) is 29.4 Å². The molecule has 1 aromatic rings. The summed E-state index contributed by atoms with van der Waals surface area (Å²) in [6, 6.07) is 1.72. The highest BCUT2D eigenvalue weighted by atomic mass is 16.4. The van der Waals surface area contributed by atoms with Gasteiger partial charge in [-0.15, -0.1) is 0 Å². The first kappa shape index (κ1) is 32.4. The van der Waals surface area contributed by atoms with Crippen LogP contribution in [0.1, 0.15) is 48.5 Å². The molecule has 43 heavy (non-hydrogen) atoms. The van der Waals surface area contributed by atoms with E-state index < -0.39 is 94.4 Å². The van der Waals surface area contributed by atoms with Crippen LogP contribution in [0, 0.1) is 23.7 Å². The number of phenols is 1. The molecule has 0 radical (unpaired) electrons. The molecule has 234 valence electrons. The average molecular weight is 603 g/mol. The molecule has 14 heteroatoms. The van der Waals surface area contributed by atoms with Gasteiger partial charge in [-0.2, -0.15) is 0 Å². The smallest absolute Gasteiger partial charge is 0.320 e. The summed E-state index contributed by atoms with van der Waals surface area (Å²) in [4.78, 5) is 81.4. The summed E-state index contributed by atoms with van der Waals surface area (Å²) in [6.07, 6.45) is 1.01. The molecule has 3 aliphatic rings. The molecule has 14 nitrogen and oxygen atoms in total. The Balaban J connectivity index is 1.66. The lowest BCUT2D eigenvalue weighted by Gasteiger charge is -2.55. The molecule has 0 bridgehead atoms. The second kappa shape index (κ2) is 11.8. The highest BCUT2D eigenvalue weighted by Crippen LogP contribution is 2.55. The summed E-state index contributed by atoms with van der Waals surface area (Å²) < 4.78 is 0. The number of aromatic hydroxyl groups is 1. The van der Waals surface area contributed by atoms with E-state index in [4.69, 9.17) is 5.73 Å². The van der Waals surface area contributed by atoms with Gasteiger partial charge in [-0.1, -0.05) is 18.6 Å². The highest BCUT2D eigenvalue weighted by Gasteiger charge is 2.71. The topological polar surface area (TPSA) is 237 Å². The maximum Gasteiger partial charge on any atom is 0.320 e. The molecule has 0 aromatic heterocycles. The van der Waals surface area contributed by atoms with E-state index in [-0.39, 0.29) is 24.0 Å². The number of unbranched alkanes of at least 4 members (excludes halogenated alkanes) is 1. The number of nitrogens with zero attached hydrogens (tertiary/aromatic N) is 1. The van der Waals surface area contributed by atoms with Gasteiger partial charge in [0.1, 0.15) is 11.8 Å². The molecule has 3 unspecified atom stereocenters. The molecule has 0 aliphatic heterocycles. The number of likely N-dealkylation sites (N-methyl/N-ethyl adjacent to an activating group) is 1. The maximum atomic E-state index is 14.1. The van der Waals surface area contributed by atoms with Crippen LogP contribution in [0.15, 0.2) is 18.2 Å². The standard InChI is InChI=1S/C29H38N4O10/c1-28(42)13-7-6-9-17(34)18(13)22(35)19-14(28)11-15-21(33(2)3)23(36)20(25(38)29(15,43)24(19)37)26(39)32-12-31-16(27(40)41)8-4-5-10-30/h6-7,9,14-16,19-21,31,34,42-43H,4-5,8,10-12,30H2,1-3H3,(H,32,39)(H,40,41)/t14-,15+,16?,19?,20?,21+,28-,29+/m1/s1. The number of benzene rings is 1. The highest BCUT2D eigenvalue weighted by molar-refractivity contribution is 6.32. The number of ketones is 4. The average Bonchev–Trinajstić information content (AvgIpc) is 2.92. The number of amides is 1. The summed E-state index contributed by atoms with van der Waals surface area (Å²) in [6.45, 7) is 1.32. The largest absolute Gasteiger partial charge is 0.507 e. The number of Topliss-reactive ketones (excluding diaryl/α,β-unsaturated/α-hetero) is 4. The van der Waals surface area contributed by atoms with E-state index in [0.29, 0.717) is 19.4 Å². The first-order valence-electron chi connectivity index (χ1n) is 14.2. The van der Waals surface area contributed by atoms with E-state index in [2.05, 4.69) is 10.6 Å². The van der Waals surface area contributed by atoms with E-state index in [0.717, 1.165) is 0 Å². The van der Waals surface area contributed by atoms with Gasteiger partial charge < -0.3 is 31.5 Å². The maximum absolute atomic E-state index is 14.1. The Bertz CT molecular complexity index is 1360. The van der Waals surface area contributed by atoms with Crippen molar-refractivity contribution in [3.63, 3.8) is 0 Å². The van der Waals surface area contributed by atoms with E-state index >= 15 is 0 Å². The van der Waals surface area contributed by atoms with Gasteiger partial charge in [0.05, 0.1) is 29.8 Å². The molecule has 0 heterocycles. The third kappa shape index (κ3) is 5.16. The van der Waals surface area contributed by atoms with Gasteiger partial charge in [0.15, 0.2) is 34.7 Å². The first-order chi connectivity index (χ1) is 20.1. The molecule has 4 rings (SSSR count). The van der Waals surface area contributed by atoms with Crippen molar-refractivity contribution in [3.8, 4) is 5.75 Å². The fourth-order valence-electron chi connectivity index (χ4n) is 7.03. The van der Waals surface area contributed by atoms with Crippen LogP contribution in [0.2, 0.25) is 0 Å². The van der Waals surface area contributed by atoms with Crippen LogP contribution in [0.5, 0.6) is 5.75 Å². The van der Waals surface area contributed by atoms with Crippen molar-refractivity contribution in [3.05, 3.63) is 29.3 Å². The van der Waals surface area contributed by atoms with Crippen LogP contribution in [-0.4, -0.2) is 105 Å². The van der Waals surface area contributed by atoms with Crippen molar-refractivity contribution in [1.82, 2.24) is 15.5 Å². The van der Waals surface area contributed by atoms with Crippen LogP contribution in [0.25, 0.3) is 0 Å². The quantitative estimate of drug-likeness (QED) is 0.0899. The number of carbonyl (C=O) groups is 6. The molecular weight excluding hydrogens is 564 g/mol. The van der Waals surface area contributed by atoms with Gasteiger partial charge in [-0.05, 0) is 58.5 Å². The Morgan fingerprint density at radius 3 is 2.37 bits per heavy atom. The summed E-state index contributed by atoms with van der Waals surface area (Å²) in [5.41, 5.74) is 0.447. The Labute approximate surface area is 247 Å². The fourth-order valence-corrected chi connectivity index (χ4v) is 7.03. The molecule has 2 saturated carbocycles. The van der Waals surface area contributed by atoms with Gasteiger partial charge >= 0.3 is 5.97 Å². The minimum Gasteiger partial charge on any atom is -0.507 e. The number of nitrogens with two attached hydrogens (primary N) is 1. The summed E-state index contributed by atoms with van der Waals surface area (Å²) in [5, 5.41) is 48.3. The predicted octanol–water partition coefficient (Wildman–Crippen LogP) is -1.71. The van der Waals surface area contributed by atoms with Gasteiger partial charge in [-0.25, -0.2) is 0 Å². The van der Waals surface area contributed by atoms with Gasteiger partial charge in [0.25, 0.3) is 0 Å². The number of aliphatic hydroxyl groups is 2. The summed E-state index contributed by atoms with van der Waals surface area (Å²) in [7, 11) is 2.95. The number of fused-ring (bicyclic) bond motifs is 3. The molecular formula is C29H38N4O10. The van der Waals surface area contributed by atoms with Crippen molar-refractivity contribution < 1.29 is 49.2 Å². The van der Waals surface area contributed by atoms with Crippen LogP contribution in [0.3, 0.4) is 0 Å². The van der Waals surface area contributed by atoms with E-state index in [1.807, 2.05) is 0 Å². The second-order valence-corrected chi connectivity index (χ2v) is 12.0. The lowest BCUT2D eigenvalue weighted by molar-refractivity contribution is -0.188.